The normalized spacial score (nSPS) is 11.2. The van der Waals surface area contributed by atoms with Crippen molar-refractivity contribution < 1.29 is 0 Å². The van der Waals surface area contributed by atoms with Crippen molar-refractivity contribution in [3.05, 3.63) is 66.2 Å². The highest BCUT2D eigenvalue weighted by Crippen LogP contribution is 2.44. The Morgan fingerprint density at radius 1 is 0.870 bits per heavy atom. The number of thiophene rings is 1. The van der Waals surface area contributed by atoms with Gasteiger partial charge in [0.15, 0.2) is 0 Å². The van der Waals surface area contributed by atoms with Gasteiger partial charge in [-0.15, -0.1) is 11.3 Å². The number of hydrogen-bond acceptors (Lipinski definition) is 2. The van der Waals surface area contributed by atoms with Crippen LogP contribution in [-0.2, 0) is 6.42 Å². The predicted molar refractivity (Wildman–Crippen MR) is 104 cm³/mol. The predicted octanol–water partition coefficient (Wildman–Crippen LogP) is 6.33. The molecule has 0 fully saturated rings. The van der Waals surface area contributed by atoms with Crippen molar-refractivity contribution >= 4 is 37.2 Å². The first-order valence-electron chi connectivity index (χ1n) is 8.03. The van der Waals surface area contributed by atoms with Gasteiger partial charge in [0.2, 0.25) is 0 Å². The van der Waals surface area contributed by atoms with Crippen molar-refractivity contribution in [2.45, 2.75) is 13.3 Å². The fourth-order valence-electron chi connectivity index (χ4n) is 3.34. The first-order valence-corrected chi connectivity index (χ1v) is 8.85. The summed E-state index contributed by atoms with van der Waals surface area (Å²) in [6.45, 7) is 2.23. The smallest absolute Gasteiger partial charge is 0.0454 e. The maximum absolute atomic E-state index is 3.39. The molecule has 4 rings (SSSR count). The number of aryl methyl sites for hydroxylation is 1. The molecule has 1 N–H and O–H groups in total. The van der Waals surface area contributed by atoms with E-state index < -0.39 is 0 Å². The summed E-state index contributed by atoms with van der Waals surface area (Å²) < 4.78 is 2.73. The Labute approximate surface area is 140 Å². The standard InChI is InChI=1S/C21H19NS/c1-3-14-8-4-5-9-15(14)20-18(22-2)13-12-17-16-10-6-7-11-19(16)23-21(17)20/h4-13,22H,3H2,1-2H3. The van der Waals surface area contributed by atoms with Crippen molar-refractivity contribution in [1.82, 2.24) is 0 Å². The van der Waals surface area contributed by atoms with Crippen molar-refractivity contribution in [3.8, 4) is 11.1 Å². The maximum Gasteiger partial charge on any atom is 0.0454 e. The summed E-state index contributed by atoms with van der Waals surface area (Å²) in [5, 5.41) is 6.09. The fourth-order valence-corrected chi connectivity index (χ4v) is 4.60. The third kappa shape index (κ3) is 2.22. The lowest BCUT2D eigenvalue weighted by atomic mass is 9.95. The second-order valence-electron chi connectivity index (χ2n) is 5.72. The third-order valence-electron chi connectivity index (χ3n) is 4.48. The molecule has 23 heavy (non-hydrogen) atoms. The van der Waals surface area contributed by atoms with Gasteiger partial charge in [-0.1, -0.05) is 55.5 Å². The summed E-state index contributed by atoms with van der Waals surface area (Å²) in [7, 11) is 2.01. The van der Waals surface area contributed by atoms with Gasteiger partial charge in [0.05, 0.1) is 0 Å². The largest absolute Gasteiger partial charge is 0.388 e. The zero-order valence-electron chi connectivity index (χ0n) is 13.4. The molecule has 0 saturated heterocycles. The molecule has 0 aliphatic carbocycles. The van der Waals surface area contributed by atoms with E-state index >= 15 is 0 Å². The summed E-state index contributed by atoms with van der Waals surface area (Å²) in [5.74, 6) is 0. The lowest BCUT2D eigenvalue weighted by molar-refractivity contribution is 1.14. The van der Waals surface area contributed by atoms with E-state index in [0.717, 1.165) is 6.42 Å². The van der Waals surface area contributed by atoms with Gasteiger partial charge in [-0.2, -0.15) is 0 Å². The second-order valence-corrected chi connectivity index (χ2v) is 6.78. The Hall–Kier alpha value is -2.32. The van der Waals surface area contributed by atoms with E-state index in [4.69, 9.17) is 0 Å². The average molecular weight is 317 g/mol. The van der Waals surface area contributed by atoms with Crippen LogP contribution < -0.4 is 5.32 Å². The van der Waals surface area contributed by atoms with E-state index in [9.17, 15) is 0 Å². The Kier molecular flexibility index (Phi) is 3.55. The van der Waals surface area contributed by atoms with Crippen LogP contribution in [0.5, 0.6) is 0 Å². The van der Waals surface area contributed by atoms with Gasteiger partial charge in [-0.3, -0.25) is 0 Å². The topological polar surface area (TPSA) is 12.0 Å². The first kappa shape index (κ1) is 14.3. The number of anilines is 1. The molecular formula is C21H19NS. The quantitative estimate of drug-likeness (QED) is 0.466. The van der Waals surface area contributed by atoms with E-state index in [1.165, 1.54) is 42.6 Å². The Bertz CT molecular complexity index is 997. The highest BCUT2D eigenvalue weighted by atomic mass is 32.1. The van der Waals surface area contributed by atoms with E-state index in [1.54, 1.807) is 0 Å². The summed E-state index contributed by atoms with van der Waals surface area (Å²) in [6, 6.07) is 21.9. The number of rotatable bonds is 3. The molecule has 114 valence electrons. The zero-order chi connectivity index (χ0) is 15.8. The molecule has 0 aliphatic heterocycles. The minimum atomic E-state index is 1.04. The monoisotopic (exact) mass is 317 g/mol. The van der Waals surface area contributed by atoms with Gasteiger partial charge in [0.25, 0.3) is 0 Å². The molecule has 0 saturated carbocycles. The van der Waals surface area contributed by atoms with E-state index in [1.807, 2.05) is 18.4 Å². The zero-order valence-corrected chi connectivity index (χ0v) is 14.2. The highest BCUT2D eigenvalue weighted by Gasteiger charge is 2.15. The molecule has 1 nitrogen and oxygen atoms in total. The van der Waals surface area contributed by atoms with Gasteiger partial charge in [0, 0.05) is 38.5 Å². The van der Waals surface area contributed by atoms with Crippen molar-refractivity contribution in [2.75, 3.05) is 12.4 Å². The molecule has 4 aromatic rings. The van der Waals surface area contributed by atoms with Gasteiger partial charge >= 0.3 is 0 Å². The molecule has 1 heterocycles. The average Bonchev–Trinajstić information content (AvgIpc) is 2.99. The molecule has 0 unspecified atom stereocenters. The summed E-state index contributed by atoms with van der Waals surface area (Å²) in [4.78, 5) is 0. The number of nitrogens with one attached hydrogen (secondary N) is 1. The van der Waals surface area contributed by atoms with Crippen LogP contribution in [0.1, 0.15) is 12.5 Å². The van der Waals surface area contributed by atoms with Gasteiger partial charge in [-0.25, -0.2) is 0 Å². The molecule has 0 aliphatic rings. The molecule has 2 heteroatoms. The van der Waals surface area contributed by atoms with Crippen LogP contribution in [0, 0.1) is 0 Å². The number of hydrogen-bond donors (Lipinski definition) is 1. The fraction of sp³-hybridized carbons (Fsp3) is 0.143. The van der Waals surface area contributed by atoms with Crippen LogP contribution in [-0.4, -0.2) is 7.05 Å². The van der Waals surface area contributed by atoms with Crippen LogP contribution in [0.3, 0.4) is 0 Å². The van der Waals surface area contributed by atoms with Crippen LogP contribution in [0.2, 0.25) is 0 Å². The van der Waals surface area contributed by atoms with Gasteiger partial charge in [-0.05, 0) is 29.7 Å². The van der Waals surface area contributed by atoms with Crippen molar-refractivity contribution in [1.29, 1.82) is 0 Å². The Morgan fingerprint density at radius 3 is 2.48 bits per heavy atom. The van der Waals surface area contributed by atoms with E-state index in [-0.39, 0.29) is 0 Å². The van der Waals surface area contributed by atoms with Crippen LogP contribution in [0.25, 0.3) is 31.3 Å². The van der Waals surface area contributed by atoms with Crippen LogP contribution >= 0.6 is 11.3 Å². The highest BCUT2D eigenvalue weighted by molar-refractivity contribution is 7.26. The molecule has 1 aromatic heterocycles. The van der Waals surface area contributed by atoms with E-state index in [2.05, 4.69) is 72.9 Å². The second kappa shape index (κ2) is 5.71. The third-order valence-corrected chi connectivity index (χ3v) is 5.69. The molecule has 0 atom stereocenters. The van der Waals surface area contributed by atoms with Crippen molar-refractivity contribution in [3.63, 3.8) is 0 Å². The summed E-state index contributed by atoms with van der Waals surface area (Å²) >= 11 is 1.89. The van der Waals surface area contributed by atoms with Gasteiger partial charge in [0.1, 0.15) is 0 Å². The molecule has 0 bridgehead atoms. The molecule has 0 amide bonds. The lowest BCUT2D eigenvalue weighted by Crippen LogP contribution is -1.94. The van der Waals surface area contributed by atoms with Crippen LogP contribution in [0.4, 0.5) is 5.69 Å². The number of fused-ring (bicyclic) bond motifs is 3. The maximum atomic E-state index is 3.39. The van der Waals surface area contributed by atoms with E-state index in [0.29, 0.717) is 0 Å². The molecule has 0 spiro atoms. The summed E-state index contributed by atoms with van der Waals surface area (Å²) in [5.41, 5.74) is 5.28. The molecule has 0 radical (unpaired) electrons. The Morgan fingerprint density at radius 2 is 1.65 bits per heavy atom. The Balaban J connectivity index is 2.15. The van der Waals surface area contributed by atoms with Gasteiger partial charge < -0.3 is 5.32 Å². The summed E-state index contributed by atoms with van der Waals surface area (Å²) in [6.07, 6.45) is 1.04. The minimum absolute atomic E-state index is 1.04. The molecular weight excluding hydrogens is 298 g/mol. The molecule has 3 aromatic carbocycles. The first-order chi connectivity index (χ1) is 11.3. The minimum Gasteiger partial charge on any atom is -0.388 e. The van der Waals surface area contributed by atoms with Crippen molar-refractivity contribution in [2.24, 2.45) is 0 Å². The van der Waals surface area contributed by atoms with Crippen LogP contribution in [0.15, 0.2) is 60.7 Å². The number of benzene rings is 3. The lowest BCUT2D eigenvalue weighted by Gasteiger charge is -2.14. The SMILES string of the molecule is CCc1ccccc1-c1c(NC)ccc2c1sc1ccccc12.